The van der Waals surface area contributed by atoms with Gasteiger partial charge < -0.3 is 5.21 Å². The number of halogens is 1. The molecule has 50 valence electrons. The molecular formula is C6H8ClNO. The minimum absolute atomic E-state index is 0.191. The average Bonchev–Trinajstić information content (AvgIpc) is 1.89. The second kappa shape index (κ2) is 2.87. The molecule has 0 aromatic heterocycles. The molecule has 0 aromatic carbocycles. The number of hydrogen-bond donors (Lipinski definition) is 1. The van der Waals surface area contributed by atoms with Crippen molar-refractivity contribution in [3.63, 3.8) is 0 Å². The maximum absolute atomic E-state index is 8.33. The quantitative estimate of drug-likeness (QED) is 0.240. The molecule has 0 radical (unpaired) electrons. The molecule has 0 aliphatic heterocycles. The summed E-state index contributed by atoms with van der Waals surface area (Å²) < 4.78 is 0. The monoisotopic (exact) mass is 145 g/mol. The van der Waals surface area contributed by atoms with E-state index in [0.29, 0.717) is 5.71 Å². The Balaban J connectivity index is 2.66. The standard InChI is InChI=1S/C6H8ClNO/c7-5-3-1-2-4-6(5)8-9/h1,3,5,9H,2,4H2. The number of rotatable bonds is 0. The van der Waals surface area contributed by atoms with E-state index in [4.69, 9.17) is 16.8 Å². The number of allylic oxidation sites excluding steroid dienone is 2. The predicted octanol–water partition coefficient (Wildman–Crippen LogP) is 1.77. The van der Waals surface area contributed by atoms with E-state index >= 15 is 0 Å². The van der Waals surface area contributed by atoms with Crippen molar-refractivity contribution >= 4 is 17.3 Å². The third kappa shape index (κ3) is 1.45. The Morgan fingerprint density at radius 1 is 1.78 bits per heavy atom. The molecule has 1 rings (SSSR count). The molecule has 0 saturated carbocycles. The highest BCUT2D eigenvalue weighted by molar-refractivity contribution is 6.33. The highest BCUT2D eigenvalue weighted by Gasteiger charge is 2.12. The van der Waals surface area contributed by atoms with Gasteiger partial charge in [0.05, 0.1) is 11.1 Å². The van der Waals surface area contributed by atoms with Crippen LogP contribution in [-0.2, 0) is 0 Å². The van der Waals surface area contributed by atoms with Gasteiger partial charge in [-0.25, -0.2) is 0 Å². The summed E-state index contributed by atoms with van der Waals surface area (Å²) >= 11 is 5.71. The molecule has 0 fully saturated rings. The van der Waals surface area contributed by atoms with Gasteiger partial charge in [-0.3, -0.25) is 0 Å². The summed E-state index contributed by atoms with van der Waals surface area (Å²) in [7, 11) is 0. The van der Waals surface area contributed by atoms with Crippen LogP contribution in [0.4, 0.5) is 0 Å². The van der Waals surface area contributed by atoms with Gasteiger partial charge in [0.1, 0.15) is 0 Å². The molecule has 0 aromatic rings. The minimum Gasteiger partial charge on any atom is -0.411 e. The van der Waals surface area contributed by atoms with Crippen LogP contribution in [0.3, 0.4) is 0 Å². The summed E-state index contributed by atoms with van der Waals surface area (Å²) in [5, 5.41) is 11.2. The Morgan fingerprint density at radius 3 is 3.00 bits per heavy atom. The van der Waals surface area contributed by atoms with Crippen LogP contribution in [0.5, 0.6) is 0 Å². The fourth-order valence-electron chi connectivity index (χ4n) is 0.801. The summed E-state index contributed by atoms with van der Waals surface area (Å²) in [5.41, 5.74) is 0.666. The van der Waals surface area contributed by atoms with E-state index in [2.05, 4.69) is 5.16 Å². The van der Waals surface area contributed by atoms with Crippen LogP contribution in [0.1, 0.15) is 12.8 Å². The zero-order chi connectivity index (χ0) is 6.69. The van der Waals surface area contributed by atoms with Crippen LogP contribution < -0.4 is 0 Å². The summed E-state index contributed by atoms with van der Waals surface area (Å²) in [6, 6.07) is 0. The molecule has 1 N–H and O–H groups in total. The van der Waals surface area contributed by atoms with E-state index in [1.807, 2.05) is 12.2 Å². The lowest BCUT2D eigenvalue weighted by atomic mass is 10.1. The van der Waals surface area contributed by atoms with Gasteiger partial charge in [0, 0.05) is 0 Å². The van der Waals surface area contributed by atoms with E-state index in [1.54, 1.807) is 0 Å². The second-order valence-corrected chi connectivity index (χ2v) is 2.43. The van der Waals surface area contributed by atoms with Gasteiger partial charge in [-0.15, -0.1) is 11.6 Å². The molecule has 1 unspecified atom stereocenters. The Bertz CT molecular complexity index is 153. The maximum Gasteiger partial charge on any atom is 0.0931 e. The lowest BCUT2D eigenvalue weighted by Crippen LogP contribution is -2.14. The molecule has 0 bridgehead atoms. The van der Waals surface area contributed by atoms with Gasteiger partial charge in [-0.05, 0) is 12.8 Å². The molecule has 0 spiro atoms. The van der Waals surface area contributed by atoms with E-state index in [-0.39, 0.29) is 5.38 Å². The number of nitrogens with zero attached hydrogens (tertiary/aromatic N) is 1. The molecule has 1 aliphatic rings. The Kier molecular flexibility index (Phi) is 2.11. The SMILES string of the molecule is ON=C1CCC=CC1Cl. The summed E-state index contributed by atoms with van der Waals surface area (Å²) in [5.74, 6) is 0. The lowest BCUT2D eigenvalue weighted by Gasteiger charge is -2.09. The van der Waals surface area contributed by atoms with Gasteiger partial charge in [-0.1, -0.05) is 17.3 Å². The van der Waals surface area contributed by atoms with Gasteiger partial charge in [-0.2, -0.15) is 0 Å². The summed E-state index contributed by atoms with van der Waals surface area (Å²) in [4.78, 5) is 0. The van der Waals surface area contributed by atoms with Gasteiger partial charge >= 0.3 is 0 Å². The van der Waals surface area contributed by atoms with Gasteiger partial charge in [0.25, 0.3) is 0 Å². The van der Waals surface area contributed by atoms with Gasteiger partial charge in [0.15, 0.2) is 0 Å². The Labute approximate surface area is 58.8 Å². The van der Waals surface area contributed by atoms with Crippen LogP contribution in [0.2, 0.25) is 0 Å². The van der Waals surface area contributed by atoms with Crippen LogP contribution >= 0.6 is 11.6 Å². The van der Waals surface area contributed by atoms with Crippen molar-refractivity contribution < 1.29 is 5.21 Å². The fraction of sp³-hybridized carbons (Fsp3) is 0.500. The number of alkyl halides is 1. The molecule has 3 heteroatoms. The molecule has 0 saturated heterocycles. The van der Waals surface area contributed by atoms with Crippen LogP contribution in [-0.4, -0.2) is 16.3 Å². The molecule has 0 heterocycles. The van der Waals surface area contributed by atoms with Crippen molar-refractivity contribution in [1.82, 2.24) is 0 Å². The van der Waals surface area contributed by atoms with Crippen molar-refractivity contribution in [3.8, 4) is 0 Å². The first-order valence-electron chi connectivity index (χ1n) is 2.86. The van der Waals surface area contributed by atoms with Crippen molar-refractivity contribution in [2.24, 2.45) is 5.16 Å². The normalized spacial score (nSPS) is 31.2. The third-order valence-electron chi connectivity index (χ3n) is 1.32. The van der Waals surface area contributed by atoms with Crippen LogP contribution in [0, 0.1) is 0 Å². The summed E-state index contributed by atoms with van der Waals surface area (Å²) in [6.07, 6.45) is 5.54. The highest BCUT2D eigenvalue weighted by atomic mass is 35.5. The first-order valence-corrected chi connectivity index (χ1v) is 3.30. The van der Waals surface area contributed by atoms with E-state index < -0.39 is 0 Å². The van der Waals surface area contributed by atoms with E-state index in [1.165, 1.54) is 0 Å². The Morgan fingerprint density at radius 2 is 2.56 bits per heavy atom. The highest BCUT2D eigenvalue weighted by Crippen LogP contribution is 2.12. The second-order valence-electron chi connectivity index (χ2n) is 1.96. The molecule has 1 atom stereocenters. The first kappa shape index (κ1) is 6.62. The van der Waals surface area contributed by atoms with Crippen molar-refractivity contribution in [3.05, 3.63) is 12.2 Å². The first-order chi connectivity index (χ1) is 4.34. The number of hydrogen-bond acceptors (Lipinski definition) is 2. The summed E-state index contributed by atoms with van der Waals surface area (Å²) in [6.45, 7) is 0. The average molecular weight is 146 g/mol. The van der Waals surface area contributed by atoms with E-state index in [9.17, 15) is 0 Å². The molecule has 9 heavy (non-hydrogen) atoms. The zero-order valence-corrected chi connectivity index (χ0v) is 5.67. The minimum atomic E-state index is -0.191. The largest absolute Gasteiger partial charge is 0.411 e. The van der Waals surface area contributed by atoms with Crippen LogP contribution in [0.25, 0.3) is 0 Å². The Hall–Kier alpha value is -0.500. The zero-order valence-electron chi connectivity index (χ0n) is 4.92. The predicted molar refractivity (Wildman–Crippen MR) is 37.2 cm³/mol. The maximum atomic E-state index is 8.33. The van der Waals surface area contributed by atoms with Crippen molar-refractivity contribution in [1.29, 1.82) is 0 Å². The molecular weight excluding hydrogens is 138 g/mol. The van der Waals surface area contributed by atoms with Crippen molar-refractivity contribution in [2.45, 2.75) is 18.2 Å². The molecule has 2 nitrogen and oxygen atoms in total. The smallest absolute Gasteiger partial charge is 0.0931 e. The third-order valence-corrected chi connectivity index (χ3v) is 1.72. The van der Waals surface area contributed by atoms with E-state index in [0.717, 1.165) is 12.8 Å². The molecule has 0 amide bonds. The molecule has 1 aliphatic carbocycles. The van der Waals surface area contributed by atoms with Crippen molar-refractivity contribution in [2.75, 3.05) is 0 Å². The lowest BCUT2D eigenvalue weighted by molar-refractivity contribution is 0.316. The fourth-order valence-corrected chi connectivity index (χ4v) is 1.06. The number of oxime groups is 1. The van der Waals surface area contributed by atoms with Gasteiger partial charge in [0.2, 0.25) is 0 Å². The van der Waals surface area contributed by atoms with Crippen LogP contribution in [0.15, 0.2) is 17.3 Å². The topological polar surface area (TPSA) is 32.6 Å².